The quantitative estimate of drug-likeness (QED) is 0.884. The molecule has 110 valence electrons. The molecule has 2 aliphatic rings. The average molecular weight is 272 g/mol. The van der Waals surface area contributed by atoms with Gasteiger partial charge in [-0.15, -0.1) is 0 Å². The largest absolute Gasteiger partial charge is 0.311 e. The van der Waals surface area contributed by atoms with Gasteiger partial charge >= 0.3 is 0 Å². The summed E-state index contributed by atoms with van der Waals surface area (Å²) in [5, 5.41) is 3.78. The summed E-state index contributed by atoms with van der Waals surface area (Å²) in [5.74, 6) is 0.954. The van der Waals surface area contributed by atoms with Crippen LogP contribution in [0.4, 0.5) is 0 Å². The van der Waals surface area contributed by atoms with Crippen molar-refractivity contribution in [3.63, 3.8) is 0 Å². The van der Waals surface area contributed by atoms with E-state index in [-0.39, 0.29) is 0 Å². The molecule has 1 aliphatic heterocycles. The van der Waals surface area contributed by atoms with E-state index in [4.69, 9.17) is 0 Å². The van der Waals surface area contributed by atoms with Crippen LogP contribution >= 0.6 is 0 Å². The highest BCUT2D eigenvalue weighted by molar-refractivity contribution is 5.22. The second-order valence-electron chi connectivity index (χ2n) is 6.72. The van der Waals surface area contributed by atoms with Gasteiger partial charge in [0.1, 0.15) is 0 Å². The molecule has 0 spiro atoms. The zero-order valence-corrected chi connectivity index (χ0v) is 12.9. The number of nitrogens with zero attached hydrogens (tertiary/aromatic N) is 1. The number of hydrogen-bond donors (Lipinski definition) is 1. The average Bonchev–Trinajstić information content (AvgIpc) is 3.24. The Balaban J connectivity index is 1.68. The molecule has 1 aromatic carbocycles. The van der Waals surface area contributed by atoms with Crippen molar-refractivity contribution in [2.45, 2.75) is 58.2 Å². The van der Waals surface area contributed by atoms with Crippen LogP contribution < -0.4 is 5.32 Å². The fourth-order valence-electron chi connectivity index (χ4n) is 3.61. The van der Waals surface area contributed by atoms with Crippen molar-refractivity contribution in [3.8, 4) is 0 Å². The molecule has 1 aliphatic carbocycles. The Kier molecular flexibility index (Phi) is 4.42. The molecule has 2 fully saturated rings. The summed E-state index contributed by atoms with van der Waals surface area (Å²) >= 11 is 0. The van der Waals surface area contributed by atoms with Crippen molar-refractivity contribution in [3.05, 3.63) is 35.4 Å². The second-order valence-corrected chi connectivity index (χ2v) is 6.72. The Morgan fingerprint density at radius 3 is 2.85 bits per heavy atom. The highest BCUT2D eigenvalue weighted by atomic mass is 15.2. The van der Waals surface area contributed by atoms with Crippen LogP contribution in [0.25, 0.3) is 0 Å². The number of hydrogen-bond acceptors (Lipinski definition) is 2. The van der Waals surface area contributed by atoms with E-state index in [1.54, 1.807) is 0 Å². The fraction of sp³-hybridized carbons (Fsp3) is 0.667. The van der Waals surface area contributed by atoms with Gasteiger partial charge in [-0.3, -0.25) is 4.90 Å². The van der Waals surface area contributed by atoms with E-state index >= 15 is 0 Å². The molecular formula is C18H28N2. The standard InChI is InChI=1S/C18H28N2/c1-3-5-17-13-20(18(11-19-17)16-8-9-16)12-15-7-4-6-14(2)10-15/h4,6-7,10,16-19H,3,5,8-9,11-13H2,1-2H3. The molecule has 2 nitrogen and oxygen atoms in total. The highest BCUT2D eigenvalue weighted by Gasteiger charge is 2.38. The third-order valence-corrected chi connectivity index (χ3v) is 4.81. The van der Waals surface area contributed by atoms with Gasteiger partial charge in [-0.2, -0.15) is 0 Å². The monoisotopic (exact) mass is 272 g/mol. The fourth-order valence-corrected chi connectivity index (χ4v) is 3.61. The van der Waals surface area contributed by atoms with Gasteiger partial charge in [0.05, 0.1) is 0 Å². The Morgan fingerprint density at radius 2 is 2.15 bits per heavy atom. The van der Waals surface area contributed by atoms with E-state index in [0.717, 1.165) is 18.5 Å². The summed E-state index contributed by atoms with van der Waals surface area (Å²) in [6.07, 6.45) is 5.47. The molecule has 1 saturated carbocycles. The van der Waals surface area contributed by atoms with Gasteiger partial charge in [0, 0.05) is 31.7 Å². The van der Waals surface area contributed by atoms with Crippen molar-refractivity contribution in [2.24, 2.45) is 5.92 Å². The zero-order valence-electron chi connectivity index (χ0n) is 12.9. The van der Waals surface area contributed by atoms with Crippen LogP contribution in [0.3, 0.4) is 0 Å². The number of nitrogens with one attached hydrogen (secondary N) is 1. The first-order valence-electron chi connectivity index (χ1n) is 8.29. The highest BCUT2D eigenvalue weighted by Crippen LogP contribution is 2.37. The van der Waals surface area contributed by atoms with Gasteiger partial charge in [-0.25, -0.2) is 0 Å². The van der Waals surface area contributed by atoms with E-state index in [9.17, 15) is 0 Å². The molecular weight excluding hydrogens is 244 g/mol. The van der Waals surface area contributed by atoms with Crippen molar-refractivity contribution < 1.29 is 0 Å². The molecule has 0 radical (unpaired) electrons. The van der Waals surface area contributed by atoms with E-state index in [2.05, 4.69) is 48.3 Å². The van der Waals surface area contributed by atoms with Gasteiger partial charge in [0.15, 0.2) is 0 Å². The van der Waals surface area contributed by atoms with Gasteiger partial charge in [0.2, 0.25) is 0 Å². The topological polar surface area (TPSA) is 15.3 Å². The number of benzene rings is 1. The molecule has 1 N–H and O–H groups in total. The van der Waals surface area contributed by atoms with E-state index in [1.807, 2.05) is 0 Å². The lowest BCUT2D eigenvalue weighted by molar-refractivity contribution is 0.104. The summed E-state index contributed by atoms with van der Waals surface area (Å²) in [6, 6.07) is 10.5. The Morgan fingerprint density at radius 1 is 1.30 bits per heavy atom. The van der Waals surface area contributed by atoms with E-state index in [1.165, 1.54) is 49.9 Å². The van der Waals surface area contributed by atoms with Gasteiger partial charge in [-0.05, 0) is 37.7 Å². The minimum Gasteiger partial charge on any atom is -0.311 e. The lowest BCUT2D eigenvalue weighted by Crippen LogP contribution is -2.56. The maximum atomic E-state index is 3.78. The predicted molar refractivity (Wildman–Crippen MR) is 84.8 cm³/mol. The molecule has 0 aromatic heterocycles. The first-order valence-corrected chi connectivity index (χ1v) is 8.29. The first kappa shape index (κ1) is 14.1. The van der Waals surface area contributed by atoms with Crippen molar-refractivity contribution in [1.82, 2.24) is 10.2 Å². The van der Waals surface area contributed by atoms with Crippen LogP contribution in [0.5, 0.6) is 0 Å². The zero-order chi connectivity index (χ0) is 13.9. The second kappa shape index (κ2) is 6.28. The summed E-state index contributed by atoms with van der Waals surface area (Å²) in [4.78, 5) is 2.75. The molecule has 0 amide bonds. The third-order valence-electron chi connectivity index (χ3n) is 4.81. The first-order chi connectivity index (χ1) is 9.76. The third kappa shape index (κ3) is 3.42. The maximum Gasteiger partial charge on any atom is 0.0253 e. The van der Waals surface area contributed by atoms with Crippen LogP contribution in [0.15, 0.2) is 24.3 Å². The van der Waals surface area contributed by atoms with Gasteiger partial charge in [0.25, 0.3) is 0 Å². The Hall–Kier alpha value is -0.860. The van der Waals surface area contributed by atoms with Crippen molar-refractivity contribution >= 4 is 0 Å². The van der Waals surface area contributed by atoms with Gasteiger partial charge < -0.3 is 5.32 Å². The smallest absolute Gasteiger partial charge is 0.0253 e. The number of rotatable bonds is 5. The Bertz CT molecular complexity index is 439. The minimum absolute atomic E-state index is 0.694. The van der Waals surface area contributed by atoms with Crippen LogP contribution in [-0.4, -0.2) is 30.1 Å². The number of piperazine rings is 1. The van der Waals surface area contributed by atoms with Crippen LogP contribution in [-0.2, 0) is 6.54 Å². The van der Waals surface area contributed by atoms with Crippen LogP contribution in [0.1, 0.15) is 43.7 Å². The van der Waals surface area contributed by atoms with Gasteiger partial charge in [-0.1, -0.05) is 43.2 Å². The van der Waals surface area contributed by atoms with Crippen LogP contribution in [0.2, 0.25) is 0 Å². The van der Waals surface area contributed by atoms with Crippen molar-refractivity contribution in [1.29, 1.82) is 0 Å². The minimum atomic E-state index is 0.694. The van der Waals surface area contributed by atoms with Crippen LogP contribution in [0, 0.1) is 12.8 Å². The lowest BCUT2D eigenvalue weighted by Gasteiger charge is -2.41. The van der Waals surface area contributed by atoms with E-state index in [0.29, 0.717) is 6.04 Å². The SMILES string of the molecule is CCCC1CN(Cc2cccc(C)c2)C(C2CC2)CN1. The van der Waals surface area contributed by atoms with E-state index < -0.39 is 0 Å². The number of aryl methyl sites for hydroxylation is 1. The summed E-state index contributed by atoms with van der Waals surface area (Å²) < 4.78 is 0. The molecule has 2 unspecified atom stereocenters. The summed E-state index contributed by atoms with van der Waals surface area (Å²) in [7, 11) is 0. The summed E-state index contributed by atoms with van der Waals surface area (Å²) in [5.41, 5.74) is 2.86. The molecule has 1 heterocycles. The molecule has 2 heteroatoms. The molecule has 0 bridgehead atoms. The molecule has 1 aromatic rings. The molecule has 2 atom stereocenters. The normalized spacial score (nSPS) is 27.7. The molecule has 3 rings (SSSR count). The maximum absolute atomic E-state index is 3.78. The summed E-state index contributed by atoms with van der Waals surface area (Å²) in [6.45, 7) is 8.04. The molecule has 20 heavy (non-hydrogen) atoms. The molecule has 1 saturated heterocycles. The lowest BCUT2D eigenvalue weighted by atomic mass is 10.0. The predicted octanol–water partition coefficient (Wildman–Crippen LogP) is 3.35. The van der Waals surface area contributed by atoms with Crippen molar-refractivity contribution in [2.75, 3.05) is 13.1 Å². The Labute approximate surface area is 123 Å².